The maximum atomic E-state index is 12.2. The lowest BCUT2D eigenvalue weighted by molar-refractivity contribution is 0.0994. The van der Waals surface area contributed by atoms with Gasteiger partial charge in [0.05, 0.1) is 27.7 Å². The van der Waals surface area contributed by atoms with Gasteiger partial charge in [0.1, 0.15) is 0 Å². The third-order valence-corrected chi connectivity index (χ3v) is 5.03. The van der Waals surface area contributed by atoms with E-state index in [1.54, 1.807) is 0 Å². The standard InChI is InChI=1S/C13H14BrClN2OS/c1-3-9-13(15)10(17(4-2)16-9)6-11(18)12-5-8(14)7-19-12/h5,7H,3-4,6H2,1-2H3. The van der Waals surface area contributed by atoms with E-state index in [-0.39, 0.29) is 5.78 Å². The lowest BCUT2D eigenvalue weighted by Gasteiger charge is -2.03. The zero-order chi connectivity index (χ0) is 14.0. The largest absolute Gasteiger partial charge is 0.293 e. The number of nitrogens with zero attached hydrogens (tertiary/aromatic N) is 2. The zero-order valence-electron chi connectivity index (χ0n) is 10.7. The van der Waals surface area contributed by atoms with E-state index in [1.165, 1.54) is 11.3 Å². The molecule has 0 aromatic carbocycles. The highest BCUT2D eigenvalue weighted by molar-refractivity contribution is 9.10. The zero-order valence-corrected chi connectivity index (χ0v) is 13.9. The van der Waals surface area contributed by atoms with Crippen LogP contribution in [0, 0.1) is 0 Å². The van der Waals surface area contributed by atoms with Crippen LogP contribution in [0.4, 0.5) is 0 Å². The van der Waals surface area contributed by atoms with Crippen LogP contribution >= 0.6 is 38.9 Å². The van der Waals surface area contributed by atoms with Crippen LogP contribution in [-0.4, -0.2) is 15.6 Å². The van der Waals surface area contributed by atoms with E-state index in [0.29, 0.717) is 11.4 Å². The molecule has 0 amide bonds. The molecule has 0 bridgehead atoms. The Morgan fingerprint density at radius 3 is 2.79 bits per heavy atom. The molecule has 0 aliphatic rings. The van der Waals surface area contributed by atoms with Crippen LogP contribution in [0.2, 0.25) is 5.02 Å². The molecule has 2 rings (SSSR count). The van der Waals surface area contributed by atoms with Gasteiger partial charge in [0, 0.05) is 16.4 Å². The van der Waals surface area contributed by atoms with E-state index >= 15 is 0 Å². The topological polar surface area (TPSA) is 34.9 Å². The SMILES string of the molecule is CCc1nn(CC)c(CC(=O)c2cc(Br)cs2)c1Cl. The van der Waals surface area contributed by atoms with Crippen LogP contribution in [0.25, 0.3) is 0 Å². The van der Waals surface area contributed by atoms with E-state index in [2.05, 4.69) is 21.0 Å². The average Bonchev–Trinajstić information content (AvgIpc) is 2.95. The second-order valence-electron chi connectivity index (χ2n) is 4.11. The molecule has 0 aliphatic carbocycles. The van der Waals surface area contributed by atoms with Crippen molar-refractivity contribution >= 4 is 44.7 Å². The highest BCUT2D eigenvalue weighted by Gasteiger charge is 2.18. The Balaban J connectivity index is 2.28. The molecule has 0 atom stereocenters. The maximum Gasteiger partial charge on any atom is 0.178 e. The van der Waals surface area contributed by atoms with Gasteiger partial charge in [-0.25, -0.2) is 0 Å². The molecule has 0 saturated heterocycles. The minimum atomic E-state index is 0.0786. The number of ketones is 1. The Morgan fingerprint density at radius 1 is 1.53 bits per heavy atom. The fourth-order valence-corrected chi connectivity index (χ4v) is 3.59. The molecule has 2 aromatic rings. The van der Waals surface area contributed by atoms with Gasteiger partial charge < -0.3 is 0 Å². The first-order valence-corrected chi connectivity index (χ1v) is 8.13. The van der Waals surface area contributed by atoms with E-state index in [4.69, 9.17) is 11.6 Å². The van der Waals surface area contributed by atoms with E-state index < -0.39 is 0 Å². The number of hydrogen-bond donors (Lipinski definition) is 0. The lowest BCUT2D eigenvalue weighted by atomic mass is 10.1. The number of Topliss-reactive ketones (excluding diaryl/α,β-unsaturated/α-hetero) is 1. The van der Waals surface area contributed by atoms with Crippen LogP contribution in [0.1, 0.15) is 34.9 Å². The Bertz CT molecular complexity index is 606. The molecule has 0 radical (unpaired) electrons. The number of hydrogen-bond acceptors (Lipinski definition) is 3. The summed E-state index contributed by atoms with van der Waals surface area (Å²) in [7, 11) is 0. The molecule has 0 saturated carbocycles. The number of halogens is 2. The fraction of sp³-hybridized carbons (Fsp3) is 0.385. The van der Waals surface area contributed by atoms with Gasteiger partial charge >= 0.3 is 0 Å². The normalized spacial score (nSPS) is 10.9. The number of aromatic nitrogens is 2. The van der Waals surface area contributed by atoms with E-state index in [0.717, 1.165) is 33.7 Å². The van der Waals surface area contributed by atoms with Crippen molar-refractivity contribution in [2.45, 2.75) is 33.2 Å². The third-order valence-electron chi connectivity index (χ3n) is 2.86. The lowest BCUT2D eigenvalue weighted by Crippen LogP contribution is -2.09. The molecule has 0 spiro atoms. The van der Waals surface area contributed by atoms with Crippen molar-refractivity contribution in [3.05, 3.63) is 37.2 Å². The summed E-state index contributed by atoms with van der Waals surface area (Å²) < 4.78 is 2.76. The van der Waals surface area contributed by atoms with Crippen LogP contribution in [0.15, 0.2) is 15.9 Å². The van der Waals surface area contributed by atoms with Crippen molar-refractivity contribution in [2.24, 2.45) is 0 Å². The number of aryl methyl sites for hydroxylation is 2. The Kier molecular flexibility index (Phi) is 4.81. The van der Waals surface area contributed by atoms with Crippen LogP contribution < -0.4 is 0 Å². The van der Waals surface area contributed by atoms with Crippen molar-refractivity contribution in [1.82, 2.24) is 9.78 Å². The van der Waals surface area contributed by atoms with Crippen molar-refractivity contribution in [2.75, 3.05) is 0 Å². The summed E-state index contributed by atoms with van der Waals surface area (Å²) in [6.45, 7) is 4.73. The number of carbonyl (C=O) groups is 1. The molecular formula is C13H14BrClN2OS. The minimum absolute atomic E-state index is 0.0786. The fourth-order valence-electron chi connectivity index (χ4n) is 1.88. The molecular weight excluding hydrogens is 348 g/mol. The molecule has 3 nitrogen and oxygen atoms in total. The van der Waals surface area contributed by atoms with Crippen LogP contribution in [-0.2, 0) is 19.4 Å². The number of carbonyl (C=O) groups excluding carboxylic acids is 1. The summed E-state index contributed by atoms with van der Waals surface area (Å²) in [4.78, 5) is 13.0. The Hall–Kier alpha value is -0.650. The molecule has 0 N–H and O–H groups in total. The van der Waals surface area contributed by atoms with Gasteiger partial charge in [-0.3, -0.25) is 9.48 Å². The molecule has 0 unspecified atom stereocenters. The quantitative estimate of drug-likeness (QED) is 0.741. The third kappa shape index (κ3) is 3.09. The average molecular weight is 362 g/mol. The predicted molar refractivity (Wildman–Crippen MR) is 82.3 cm³/mol. The second kappa shape index (κ2) is 6.20. The number of rotatable bonds is 5. The summed E-state index contributed by atoms with van der Waals surface area (Å²) >= 11 is 11.1. The van der Waals surface area contributed by atoms with Gasteiger partial charge in [-0.1, -0.05) is 18.5 Å². The smallest absolute Gasteiger partial charge is 0.178 e. The van der Waals surface area contributed by atoms with Gasteiger partial charge in [0.25, 0.3) is 0 Å². The summed E-state index contributed by atoms with van der Waals surface area (Å²) in [5, 5.41) is 6.96. The Labute approximate surface area is 129 Å². The van der Waals surface area contributed by atoms with Gasteiger partial charge in [0.15, 0.2) is 5.78 Å². The first-order chi connectivity index (χ1) is 9.06. The molecule has 6 heteroatoms. The van der Waals surface area contributed by atoms with E-state index in [1.807, 2.05) is 30.0 Å². The number of thiophene rings is 1. The maximum absolute atomic E-state index is 12.2. The highest BCUT2D eigenvalue weighted by Crippen LogP contribution is 2.25. The molecule has 0 aliphatic heterocycles. The van der Waals surface area contributed by atoms with Gasteiger partial charge in [-0.05, 0) is 35.3 Å². The first kappa shape index (κ1) is 14.8. The minimum Gasteiger partial charge on any atom is -0.293 e. The summed E-state index contributed by atoms with van der Waals surface area (Å²) in [5.74, 6) is 0.0786. The van der Waals surface area contributed by atoms with Gasteiger partial charge in [0.2, 0.25) is 0 Å². The van der Waals surface area contributed by atoms with Crippen LogP contribution in [0.5, 0.6) is 0 Å². The second-order valence-corrected chi connectivity index (χ2v) is 6.31. The molecule has 2 heterocycles. The summed E-state index contributed by atoms with van der Waals surface area (Å²) in [6, 6.07) is 1.84. The van der Waals surface area contributed by atoms with Crippen molar-refractivity contribution in [3.63, 3.8) is 0 Å². The highest BCUT2D eigenvalue weighted by atomic mass is 79.9. The predicted octanol–water partition coefficient (Wildman–Crippen LogP) is 4.37. The molecule has 0 fully saturated rings. The van der Waals surface area contributed by atoms with Crippen LogP contribution in [0.3, 0.4) is 0 Å². The Morgan fingerprint density at radius 2 is 2.26 bits per heavy atom. The first-order valence-electron chi connectivity index (χ1n) is 6.08. The van der Waals surface area contributed by atoms with Crippen molar-refractivity contribution < 1.29 is 4.79 Å². The van der Waals surface area contributed by atoms with Crippen molar-refractivity contribution in [3.8, 4) is 0 Å². The summed E-state index contributed by atoms with van der Waals surface area (Å²) in [5.41, 5.74) is 1.68. The van der Waals surface area contributed by atoms with Gasteiger partial charge in [-0.15, -0.1) is 11.3 Å². The monoisotopic (exact) mass is 360 g/mol. The summed E-state index contributed by atoms with van der Waals surface area (Å²) in [6.07, 6.45) is 1.07. The molecule has 19 heavy (non-hydrogen) atoms. The molecule has 102 valence electrons. The van der Waals surface area contributed by atoms with Gasteiger partial charge in [-0.2, -0.15) is 5.10 Å². The van der Waals surface area contributed by atoms with E-state index in [9.17, 15) is 4.79 Å². The van der Waals surface area contributed by atoms with Crippen molar-refractivity contribution in [1.29, 1.82) is 0 Å². The molecule has 2 aromatic heterocycles.